The van der Waals surface area contributed by atoms with Gasteiger partial charge in [-0.1, -0.05) is 25.1 Å². The van der Waals surface area contributed by atoms with Gasteiger partial charge in [0.2, 0.25) is 0 Å². The van der Waals surface area contributed by atoms with Gasteiger partial charge in [-0.15, -0.1) is 0 Å². The highest BCUT2D eigenvalue weighted by molar-refractivity contribution is 5.28. The third kappa shape index (κ3) is 1.46. The molecule has 1 aromatic carbocycles. The van der Waals surface area contributed by atoms with Gasteiger partial charge in [-0.2, -0.15) is 0 Å². The van der Waals surface area contributed by atoms with Gasteiger partial charge in [0.1, 0.15) is 5.82 Å². The fourth-order valence-electron chi connectivity index (χ4n) is 2.00. The van der Waals surface area contributed by atoms with E-state index in [1.165, 1.54) is 0 Å². The Kier molecular flexibility index (Phi) is 2.08. The van der Waals surface area contributed by atoms with Gasteiger partial charge >= 0.3 is 0 Å². The summed E-state index contributed by atoms with van der Waals surface area (Å²) in [4.78, 5) is 0. The van der Waals surface area contributed by atoms with E-state index in [0.717, 1.165) is 25.1 Å². The van der Waals surface area contributed by atoms with Crippen LogP contribution in [0.15, 0.2) is 24.3 Å². The van der Waals surface area contributed by atoms with Crippen molar-refractivity contribution in [3.63, 3.8) is 0 Å². The molecular formula is C11H14FN. The molecule has 2 heteroatoms. The summed E-state index contributed by atoms with van der Waals surface area (Å²) in [6.45, 7) is 3.99. The third-order valence-corrected chi connectivity index (χ3v) is 2.89. The highest BCUT2D eigenvalue weighted by atomic mass is 19.1. The highest BCUT2D eigenvalue weighted by Crippen LogP contribution is 2.31. The molecule has 0 aromatic heterocycles. The molecule has 70 valence electrons. The Balaban J connectivity index is 2.39. The Labute approximate surface area is 78.0 Å². The standard InChI is InChI=1S/C11H14FN/c1-11(6-7-13-8-11)9-4-2-3-5-10(9)12/h2-5,13H,6-8H2,1H3. The van der Waals surface area contributed by atoms with Crippen LogP contribution in [-0.4, -0.2) is 13.1 Å². The van der Waals surface area contributed by atoms with Gasteiger partial charge in [-0.25, -0.2) is 4.39 Å². The van der Waals surface area contributed by atoms with Crippen LogP contribution in [0.5, 0.6) is 0 Å². The SMILES string of the molecule is CC1(c2ccccc2F)CCNC1. The maximum Gasteiger partial charge on any atom is 0.127 e. The Morgan fingerprint density at radius 1 is 1.38 bits per heavy atom. The fraction of sp³-hybridized carbons (Fsp3) is 0.455. The van der Waals surface area contributed by atoms with Crippen molar-refractivity contribution in [1.82, 2.24) is 5.32 Å². The molecule has 1 aliphatic heterocycles. The Morgan fingerprint density at radius 3 is 2.77 bits per heavy atom. The average molecular weight is 179 g/mol. The maximum absolute atomic E-state index is 13.5. The molecule has 1 nitrogen and oxygen atoms in total. The van der Waals surface area contributed by atoms with Gasteiger partial charge in [-0.05, 0) is 24.6 Å². The van der Waals surface area contributed by atoms with Crippen molar-refractivity contribution in [2.75, 3.05) is 13.1 Å². The van der Waals surface area contributed by atoms with E-state index in [0.29, 0.717) is 0 Å². The van der Waals surface area contributed by atoms with Crippen molar-refractivity contribution >= 4 is 0 Å². The zero-order valence-electron chi connectivity index (χ0n) is 7.81. The smallest absolute Gasteiger partial charge is 0.127 e. The summed E-state index contributed by atoms with van der Waals surface area (Å²) < 4.78 is 13.5. The van der Waals surface area contributed by atoms with Crippen molar-refractivity contribution in [3.05, 3.63) is 35.6 Å². The molecular weight excluding hydrogens is 165 g/mol. The molecule has 0 bridgehead atoms. The lowest BCUT2D eigenvalue weighted by atomic mass is 9.81. The fourth-order valence-corrected chi connectivity index (χ4v) is 2.00. The molecule has 1 unspecified atom stereocenters. The zero-order valence-corrected chi connectivity index (χ0v) is 7.81. The Morgan fingerprint density at radius 2 is 2.15 bits per heavy atom. The largest absolute Gasteiger partial charge is 0.316 e. The van der Waals surface area contributed by atoms with E-state index in [2.05, 4.69) is 12.2 Å². The summed E-state index contributed by atoms with van der Waals surface area (Å²) in [6.07, 6.45) is 1.02. The lowest BCUT2D eigenvalue weighted by Gasteiger charge is -2.23. The van der Waals surface area contributed by atoms with E-state index < -0.39 is 0 Å². The van der Waals surface area contributed by atoms with Crippen molar-refractivity contribution in [1.29, 1.82) is 0 Å². The number of benzene rings is 1. The van der Waals surface area contributed by atoms with Crippen LogP contribution in [0.4, 0.5) is 4.39 Å². The van der Waals surface area contributed by atoms with Crippen LogP contribution in [-0.2, 0) is 5.41 Å². The van der Waals surface area contributed by atoms with E-state index in [1.54, 1.807) is 12.1 Å². The lowest BCUT2D eigenvalue weighted by Crippen LogP contribution is -2.26. The monoisotopic (exact) mass is 179 g/mol. The van der Waals surface area contributed by atoms with Crippen LogP contribution in [0, 0.1) is 5.82 Å². The minimum atomic E-state index is -0.0753. The molecule has 0 saturated carbocycles. The molecule has 1 fully saturated rings. The average Bonchev–Trinajstić information content (AvgIpc) is 2.54. The molecule has 1 atom stereocenters. The number of hydrogen-bond donors (Lipinski definition) is 1. The summed E-state index contributed by atoms with van der Waals surface area (Å²) in [6, 6.07) is 7.08. The van der Waals surface area contributed by atoms with Gasteiger partial charge in [-0.3, -0.25) is 0 Å². The number of halogens is 1. The predicted octanol–water partition coefficient (Wildman–Crippen LogP) is 2.08. The summed E-state index contributed by atoms with van der Waals surface area (Å²) in [7, 11) is 0. The molecule has 0 spiro atoms. The second kappa shape index (κ2) is 3.11. The van der Waals surface area contributed by atoms with Crippen LogP contribution in [0.2, 0.25) is 0 Å². The van der Waals surface area contributed by atoms with Crippen LogP contribution >= 0.6 is 0 Å². The van der Waals surface area contributed by atoms with Crippen molar-refractivity contribution in [2.24, 2.45) is 0 Å². The molecule has 0 amide bonds. The minimum absolute atomic E-state index is 0.00859. The number of rotatable bonds is 1. The van der Waals surface area contributed by atoms with Crippen molar-refractivity contribution in [3.8, 4) is 0 Å². The summed E-state index contributed by atoms with van der Waals surface area (Å²) in [5.74, 6) is -0.0753. The molecule has 1 aromatic rings. The van der Waals surface area contributed by atoms with Gasteiger partial charge in [0, 0.05) is 12.0 Å². The maximum atomic E-state index is 13.5. The van der Waals surface area contributed by atoms with E-state index >= 15 is 0 Å². The first-order valence-electron chi connectivity index (χ1n) is 4.68. The normalized spacial score (nSPS) is 27.8. The second-order valence-corrected chi connectivity index (χ2v) is 3.97. The first-order valence-corrected chi connectivity index (χ1v) is 4.68. The highest BCUT2D eigenvalue weighted by Gasteiger charge is 2.32. The molecule has 13 heavy (non-hydrogen) atoms. The molecule has 2 rings (SSSR count). The van der Waals surface area contributed by atoms with Crippen LogP contribution < -0.4 is 5.32 Å². The van der Waals surface area contributed by atoms with E-state index in [4.69, 9.17) is 0 Å². The molecule has 0 aliphatic carbocycles. The first-order chi connectivity index (χ1) is 6.22. The summed E-state index contributed by atoms with van der Waals surface area (Å²) in [5, 5.41) is 3.27. The molecule has 1 aliphatic rings. The van der Waals surface area contributed by atoms with Crippen molar-refractivity contribution in [2.45, 2.75) is 18.8 Å². The molecule has 1 N–H and O–H groups in total. The van der Waals surface area contributed by atoms with Gasteiger partial charge in [0.25, 0.3) is 0 Å². The zero-order chi connectivity index (χ0) is 9.31. The summed E-state index contributed by atoms with van der Waals surface area (Å²) >= 11 is 0. The quantitative estimate of drug-likeness (QED) is 0.696. The molecule has 0 radical (unpaired) electrons. The van der Waals surface area contributed by atoms with E-state index in [9.17, 15) is 4.39 Å². The van der Waals surface area contributed by atoms with Crippen LogP contribution in [0.25, 0.3) is 0 Å². The molecule has 1 saturated heterocycles. The Bertz CT molecular complexity index is 303. The third-order valence-electron chi connectivity index (χ3n) is 2.89. The predicted molar refractivity (Wildman–Crippen MR) is 51.2 cm³/mol. The van der Waals surface area contributed by atoms with E-state index in [1.807, 2.05) is 12.1 Å². The van der Waals surface area contributed by atoms with E-state index in [-0.39, 0.29) is 11.2 Å². The Hall–Kier alpha value is -0.890. The van der Waals surface area contributed by atoms with Crippen LogP contribution in [0.1, 0.15) is 18.9 Å². The lowest BCUT2D eigenvalue weighted by molar-refractivity contribution is 0.482. The number of nitrogens with one attached hydrogen (secondary N) is 1. The van der Waals surface area contributed by atoms with Crippen LogP contribution in [0.3, 0.4) is 0 Å². The van der Waals surface area contributed by atoms with Crippen molar-refractivity contribution < 1.29 is 4.39 Å². The van der Waals surface area contributed by atoms with Gasteiger partial charge in [0.15, 0.2) is 0 Å². The van der Waals surface area contributed by atoms with Gasteiger partial charge < -0.3 is 5.32 Å². The van der Waals surface area contributed by atoms with Gasteiger partial charge in [0.05, 0.1) is 0 Å². The topological polar surface area (TPSA) is 12.0 Å². The summed E-state index contributed by atoms with van der Waals surface area (Å²) in [5.41, 5.74) is 0.839. The minimum Gasteiger partial charge on any atom is -0.316 e. The first kappa shape index (κ1) is 8.70. The second-order valence-electron chi connectivity index (χ2n) is 3.97. The molecule has 1 heterocycles. The number of hydrogen-bond acceptors (Lipinski definition) is 1.